The van der Waals surface area contributed by atoms with Gasteiger partial charge in [-0.3, -0.25) is 0 Å². The molecule has 4 rings (SSSR count). The van der Waals surface area contributed by atoms with Crippen LogP contribution >= 0.6 is 0 Å². The van der Waals surface area contributed by atoms with Gasteiger partial charge in [-0.15, -0.1) is 0 Å². The molecule has 8 atom stereocenters. The second-order valence-electron chi connectivity index (χ2n) is 13.5. The van der Waals surface area contributed by atoms with E-state index in [9.17, 15) is 5.11 Å². The van der Waals surface area contributed by atoms with Crippen LogP contribution in [0.25, 0.3) is 0 Å². The van der Waals surface area contributed by atoms with E-state index in [0.717, 1.165) is 41.9 Å². The summed E-state index contributed by atoms with van der Waals surface area (Å²) in [5.41, 5.74) is 2.47. The van der Waals surface area contributed by atoms with Crippen molar-refractivity contribution in [3.05, 3.63) is 11.6 Å². The summed E-state index contributed by atoms with van der Waals surface area (Å²) >= 11 is 0. The summed E-state index contributed by atoms with van der Waals surface area (Å²) in [5, 5.41) is 10.7. The van der Waals surface area contributed by atoms with Gasteiger partial charge in [0.15, 0.2) is 0 Å². The highest BCUT2D eigenvalue weighted by Crippen LogP contribution is 2.68. The van der Waals surface area contributed by atoms with Crippen LogP contribution in [0.5, 0.6) is 0 Å². The Morgan fingerprint density at radius 1 is 0.933 bits per heavy atom. The van der Waals surface area contributed by atoms with Gasteiger partial charge >= 0.3 is 0 Å². The lowest BCUT2D eigenvalue weighted by molar-refractivity contribution is -0.0782. The van der Waals surface area contributed by atoms with E-state index in [0.29, 0.717) is 10.8 Å². The van der Waals surface area contributed by atoms with Crippen molar-refractivity contribution < 1.29 is 5.11 Å². The van der Waals surface area contributed by atoms with Crippen LogP contribution < -0.4 is 0 Å². The molecule has 0 unspecified atom stereocenters. The molecule has 0 heterocycles. The molecule has 1 nitrogen and oxygen atoms in total. The maximum atomic E-state index is 10.7. The van der Waals surface area contributed by atoms with E-state index in [1.165, 1.54) is 57.8 Å². The molecule has 0 spiro atoms. The van der Waals surface area contributed by atoms with E-state index in [4.69, 9.17) is 0 Å². The number of hydrogen-bond acceptors (Lipinski definition) is 1. The van der Waals surface area contributed by atoms with Crippen LogP contribution in [0, 0.1) is 51.8 Å². The van der Waals surface area contributed by atoms with Crippen molar-refractivity contribution in [2.45, 2.75) is 119 Å². The van der Waals surface area contributed by atoms with E-state index < -0.39 is 0 Å². The summed E-state index contributed by atoms with van der Waals surface area (Å²) in [5.74, 6) is 5.34. The average molecular weight is 415 g/mol. The molecule has 1 N–H and O–H groups in total. The fraction of sp³-hybridized carbons (Fsp3) is 0.931. The third kappa shape index (κ3) is 3.45. The monoisotopic (exact) mass is 414 g/mol. The van der Waals surface area contributed by atoms with Gasteiger partial charge in [0.2, 0.25) is 0 Å². The quantitative estimate of drug-likeness (QED) is 0.451. The summed E-state index contributed by atoms with van der Waals surface area (Å²) in [6, 6.07) is 0. The molecular formula is C29H50O. The fourth-order valence-electron chi connectivity index (χ4n) is 9.41. The highest BCUT2D eigenvalue weighted by molar-refractivity contribution is 5.31. The van der Waals surface area contributed by atoms with Crippen LogP contribution in [0.2, 0.25) is 0 Å². The number of allylic oxidation sites excluding steroid dienone is 1. The van der Waals surface area contributed by atoms with Crippen molar-refractivity contribution in [2.24, 2.45) is 51.8 Å². The normalized spacial score (nSPS) is 46.0. The van der Waals surface area contributed by atoms with Crippen molar-refractivity contribution in [3.63, 3.8) is 0 Å². The number of rotatable bonds is 5. The fourth-order valence-corrected chi connectivity index (χ4v) is 9.41. The maximum Gasteiger partial charge on any atom is 0.0628 e. The predicted octanol–water partition coefficient (Wildman–Crippen LogP) is 8.02. The van der Waals surface area contributed by atoms with Gasteiger partial charge in [0.1, 0.15) is 0 Å². The highest BCUT2D eigenvalue weighted by atomic mass is 16.3. The number of aliphatic hydroxyl groups excluding tert-OH is 1. The molecule has 30 heavy (non-hydrogen) atoms. The van der Waals surface area contributed by atoms with Crippen molar-refractivity contribution in [3.8, 4) is 0 Å². The third-order valence-electron chi connectivity index (χ3n) is 11.1. The molecule has 0 amide bonds. The highest BCUT2D eigenvalue weighted by Gasteiger charge is 2.61. The lowest BCUT2D eigenvalue weighted by atomic mass is 9.44. The number of fused-ring (bicyclic) bond motifs is 5. The number of aliphatic hydroxyl groups is 1. The Balaban J connectivity index is 1.54. The molecule has 0 radical (unpaired) electrons. The zero-order chi connectivity index (χ0) is 21.9. The van der Waals surface area contributed by atoms with Crippen LogP contribution in [-0.2, 0) is 0 Å². The lowest BCUT2D eigenvalue weighted by Gasteiger charge is -2.61. The van der Waals surface area contributed by atoms with Gasteiger partial charge in [-0.2, -0.15) is 0 Å². The van der Waals surface area contributed by atoms with Crippen molar-refractivity contribution >= 4 is 0 Å². The topological polar surface area (TPSA) is 20.2 Å². The minimum Gasteiger partial charge on any atom is -0.392 e. The Morgan fingerprint density at radius 3 is 2.37 bits per heavy atom. The minimum absolute atomic E-state index is 0.0398. The van der Waals surface area contributed by atoms with Crippen molar-refractivity contribution in [2.75, 3.05) is 0 Å². The molecule has 0 saturated heterocycles. The molecule has 0 aliphatic heterocycles. The van der Waals surface area contributed by atoms with E-state index >= 15 is 0 Å². The Kier molecular flexibility index (Phi) is 6.05. The van der Waals surface area contributed by atoms with Gasteiger partial charge in [0, 0.05) is 5.41 Å². The summed E-state index contributed by atoms with van der Waals surface area (Å²) in [4.78, 5) is 0. The first kappa shape index (κ1) is 22.9. The molecule has 0 bridgehead atoms. The molecule has 3 fully saturated rings. The van der Waals surface area contributed by atoms with Crippen molar-refractivity contribution in [1.29, 1.82) is 0 Å². The molecule has 4 aliphatic rings. The molecule has 3 saturated carbocycles. The van der Waals surface area contributed by atoms with Crippen LogP contribution in [0.4, 0.5) is 0 Å². The summed E-state index contributed by atoms with van der Waals surface area (Å²) < 4.78 is 0. The van der Waals surface area contributed by atoms with Gasteiger partial charge in [-0.05, 0) is 91.3 Å². The van der Waals surface area contributed by atoms with Gasteiger partial charge < -0.3 is 5.11 Å². The van der Waals surface area contributed by atoms with Crippen LogP contribution in [0.15, 0.2) is 11.6 Å². The standard InChI is InChI=1S/C29H50O/c1-19(2)9-8-10-20(3)22-12-13-23-21-11-14-25-27(4,5)26(30)16-18-29(25,7)24(21)15-17-28(22,23)6/h14,19-24,26,30H,8-13,15-18H2,1-7H3/t20-,21-,22+,23-,24-,26+,28+,29-/m1/s1. The minimum atomic E-state index is -0.162. The second kappa shape index (κ2) is 7.93. The average Bonchev–Trinajstić information content (AvgIpc) is 3.02. The van der Waals surface area contributed by atoms with E-state index in [1.54, 1.807) is 5.57 Å². The molecule has 0 aromatic heterocycles. The SMILES string of the molecule is CC(C)CCC[C@@H](C)[C@@H]1CC[C@@H]2[C@H]3CC=C4C(C)(C)[C@@H](O)CC[C@]4(C)[C@@H]3CC[C@]21C. The van der Waals surface area contributed by atoms with Gasteiger partial charge in [0.25, 0.3) is 0 Å². The van der Waals surface area contributed by atoms with Crippen LogP contribution in [0.1, 0.15) is 113 Å². The first-order valence-electron chi connectivity index (χ1n) is 13.4. The second-order valence-corrected chi connectivity index (χ2v) is 13.5. The Morgan fingerprint density at radius 2 is 1.67 bits per heavy atom. The Bertz CT molecular complexity index is 659. The molecule has 172 valence electrons. The van der Waals surface area contributed by atoms with Crippen molar-refractivity contribution in [1.82, 2.24) is 0 Å². The number of hydrogen-bond donors (Lipinski definition) is 1. The summed E-state index contributed by atoms with van der Waals surface area (Å²) in [6.07, 6.45) is 16.0. The van der Waals surface area contributed by atoms with Gasteiger partial charge in [-0.25, -0.2) is 0 Å². The van der Waals surface area contributed by atoms with Crippen LogP contribution in [-0.4, -0.2) is 11.2 Å². The molecule has 0 aromatic rings. The molecule has 0 aromatic carbocycles. The lowest BCUT2D eigenvalue weighted by Crippen LogP contribution is -2.54. The zero-order valence-electron chi connectivity index (χ0n) is 21.1. The maximum absolute atomic E-state index is 10.7. The molecule has 1 heteroatoms. The predicted molar refractivity (Wildman–Crippen MR) is 128 cm³/mol. The first-order chi connectivity index (χ1) is 14.0. The smallest absolute Gasteiger partial charge is 0.0628 e. The van der Waals surface area contributed by atoms with E-state index in [1.807, 2.05) is 0 Å². The Hall–Kier alpha value is -0.300. The van der Waals surface area contributed by atoms with E-state index in [2.05, 4.69) is 54.5 Å². The van der Waals surface area contributed by atoms with Gasteiger partial charge in [-0.1, -0.05) is 79.4 Å². The van der Waals surface area contributed by atoms with Gasteiger partial charge in [0.05, 0.1) is 6.10 Å². The largest absolute Gasteiger partial charge is 0.392 e. The van der Waals surface area contributed by atoms with E-state index in [-0.39, 0.29) is 11.5 Å². The molecular weight excluding hydrogens is 364 g/mol. The molecule has 4 aliphatic carbocycles. The first-order valence-corrected chi connectivity index (χ1v) is 13.4. The summed E-state index contributed by atoms with van der Waals surface area (Å²) in [7, 11) is 0. The van der Waals surface area contributed by atoms with Crippen LogP contribution in [0.3, 0.4) is 0 Å². The summed E-state index contributed by atoms with van der Waals surface area (Å²) in [6.45, 7) is 17.2. The Labute approximate surface area is 187 Å². The third-order valence-corrected chi connectivity index (χ3v) is 11.1. The zero-order valence-corrected chi connectivity index (χ0v) is 21.1.